The number of hydrogen-bond acceptors (Lipinski definition) is 16. The van der Waals surface area contributed by atoms with Gasteiger partial charge in [-0.05, 0) is 64.2 Å². The topological polar surface area (TPSA) is 500 Å². The van der Waals surface area contributed by atoms with E-state index in [-0.39, 0.29) is 44.6 Å². The lowest BCUT2D eigenvalue weighted by Crippen LogP contribution is -2.61. The molecule has 30 nitrogen and oxygen atoms in total. The fourth-order valence-electron chi connectivity index (χ4n) is 6.76. The highest BCUT2D eigenvalue weighted by Crippen LogP contribution is 2.11. The third kappa shape index (κ3) is 24.9. The predicted molar refractivity (Wildman–Crippen MR) is 244 cm³/mol. The zero-order valence-electron chi connectivity index (χ0n) is 40.0. The third-order valence-electron chi connectivity index (χ3n) is 10.6. The maximum atomic E-state index is 13.7. The van der Waals surface area contributed by atoms with Gasteiger partial charge in [-0.3, -0.25) is 67.1 Å². The Morgan fingerprint density at radius 3 is 1.39 bits per heavy atom. The van der Waals surface area contributed by atoms with Crippen LogP contribution in [0, 0.1) is 5.92 Å². The molecule has 0 unspecified atom stereocenters. The van der Waals surface area contributed by atoms with E-state index in [2.05, 4.69) is 47.9 Å². The van der Waals surface area contributed by atoms with E-state index in [1.54, 1.807) is 13.8 Å². The smallest absolute Gasteiger partial charge is 0.305 e. The Bertz CT molecular complexity index is 2000. The summed E-state index contributed by atoms with van der Waals surface area (Å²) in [7, 11) is 0. The molecule has 0 saturated carbocycles. The number of rotatable bonds is 17. The number of nitrogens with two attached hydrogens (primary N) is 2. The van der Waals surface area contributed by atoms with Crippen LogP contribution in [0.4, 0.5) is 0 Å². The molecule has 0 aromatic carbocycles. The number of carbonyl (C=O) groups is 14. The minimum atomic E-state index is -1.98. The average molecular weight is 1030 g/mol. The standard InChI is InChI=1S/C42H67N11O19/c1-19(2)16-26-40(70)52-27(17-33(63)64)41(71)50-24(9-13-31(59)60)38(68)49-25(10-14-32(61)62)39(69)53-34(20(3)54)42(72)46-18-29(56)47-23(8-12-30(57)58)37(67)48-22(7-11-28(44)55)36(66)45-15-5-4-6-21(43)35(65)51-26/h19-27,34,54H,4-18,43H2,1-3H3,(H2,44,55)(H,45,66)(H,46,72)(H,47,56)(H,48,67)(H,49,68)(H,50,71)(H,51,65)(H,52,70)(H,53,69)(H,57,58)(H,59,60)(H,61,62)(H,63,64)/t20-,21+,22+,23-,24+,25-,26+,27+,34-/m1/s1. The summed E-state index contributed by atoms with van der Waals surface area (Å²) in [4.78, 5) is 179. The summed E-state index contributed by atoms with van der Waals surface area (Å²) in [6, 6.07) is -13.6. The van der Waals surface area contributed by atoms with Crippen molar-refractivity contribution >= 4 is 82.9 Å². The Kier molecular flexibility index (Phi) is 27.5. The normalized spacial score (nSPS) is 24.9. The van der Waals surface area contributed by atoms with Gasteiger partial charge >= 0.3 is 23.9 Å². The maximum Gasteiger partial charge on any atom is 0.305 e. The van der Waals surface area contributed by atoms with E-state index in [9.17, 15) is 92.7 Å². The number of carboxylic acids is 4. The van der Waals surface area contributed by atoms with Gasteiger partial charge in [0.05, 0.1) is 25.1 Å². The molecule has 10 amide bonds. The van der Waals surface area contributed by atoms with Crippen LogP contribution in [0.2, 0.25) is 0 Å². The number of hydrogen-bond donors (Lipinski definition) is 16. The molecule has 1 aliphatic heterocycles. The Morgan fingerprint density at radius 2 is 0.931 bits per heavy atom. The summed E-state index contributed by atoms with van der Waals surface area (Å²) in [6.45, 7) is 3.30. The molecule has 30 heteroatoms. The SMILES string of the molecule is CC(C)C[C@@H]1NC(=O)[C@@H](N)CCCCNC(=O)[C@H](CCC(N)=O)NC(=O)[C@@H](CCC(=O)O)NC(=O)CNC(=O)[C@@H]([C@@H](C)O)NC(=O)[C@@H](CCC(=O)O)NC(=O)[C@H](CCC(=O)O)NC(=O)[C@H](CC(=O)O)NC1=O. The van der Waals surface area contributed by atoms with Crippen molar-refractivity contribution in [2.24, 2.45) is 17.4 Å². The molecular weight excluding hydrogens is 963 g/mol. The Morgan fingerprint density at radius 1 is 0.514 bits per heavy atom. The van der Waals surface area contributed by atoms with Gasteiger partial charge in [-0.1, -0.05) is 13.8 Å². The van der Waals surface area contributed by atoms with Crippen molar-refractivity contribution in [2.45, 2.75) is 159 Å². The summed E-state index contributed by atoms with van der Waals surface area (Å²) < 4.78 is 0. The number of primary amides is 1. The number of amides is 10. The van der Waals surface area contributed by atoms with E-state index in [4.69, 9.17) is 11.5 Å². The fourth-order valence-corrected chi connectivity index (χ4v) is 6.76. The number of aliphatic hydroxyl groups is 1. The van der Waals surface area contributed by atoms with Crippen LogP contribution in [0.5, 0.6) is 0 Å². The van der Waals surface area contributed by atoms with Crippen molar-refractivity contribution in [3.8, 4) is 0 Å². The average Bonchev–Trinajstić information content (AvgIpc) is 3.27. The molecule has 0 aromatic rings. The summed E-state index contributed by atoms with van der Waals surface area (Å²) in [5.74, 6) is -17.4. The maximum absolute atomic E-state index is 13.7. The van der Waals surface area contributed by atoms with Crippen LogP contribution in [0.3, 0.4) is 0 Å². The van der Waals surface area contributed by atoms with Gasteiger partial charge in [0.2, 0.25) is 59.1 Å². The molecule has 0 radical (unpaired) electrons. The summed E-state index contributed by atoms with van der Waals surface area (Å²) >= 11 is 0. The van der Waals surface area contributed by atoms with Gasteiger partial charge in [-0.25, -0.2) is 0 Å². The number of aliphatic carboxylic acids is 4. The molecule has 9 atom stereocenters. The number of aliphatic hydroxyl groups excluding tert-OH is 1. The molecular formula is C42H67N11O19. The highest BCUT2D eigenvalue weighted by molar-refractivity contribution is 5.99. The summed E-state index contributed by atoms with van der Waals surface area (Å²) in [6.07, 6.45) is -7.71. The lowest BCUT2D eigenvalue weighted by Gasteiger charge is -2.27. The quantitative estimate of drug-likeness (QED) is 0.0645. The molecule has 18 N–H and O–H groups in total. The van der Waals surface area contributed by atoms with Crippen LogP contribution >= 0.6 is 0 Å². The van der Waals surface area contributed by atoms with E-state index in [0.717, 1.165) is 6.92 Å². The Balaban J connectivity index is 3.80. The highest BCUT2D eigenvalue weighted by atomic mass is 16.4. The van der Waals surface area contributed by atoms with Crippen molar-refractivity contribution < 1.29 is 92.7 Å². The van der Waals surface area contributed by atoms with E-state index in [0.29, 0.717) is 0 Å². The number of nitrogens with one attached hydrogen (secondary N) is 9. The van der Waals surface area contributed by atoms with E-state index in [1.807, 2.05) is 0 Å². The highest BCUT2D eigenvalue weighted by Gasteiger charge is 2.36. The van der Waals surface area contributed by atoms with Gasteiger partial charge in [0, 0.05) is 32.2 Å². The van der Waals surface area contributed by atoms with Gasteiger partial charge in [0.1, 0.15) is 42.3 Å². The van der Waals surface area contributed by atoms with Crippen molar-refractivity contribution in [1.82, 2.24) is 47.9 Å². The lowest BCUT2D eigenvalue weighted by atomic mass is 10.0. The van der Waals surface area contributed by atoms with Gasteiger partial charge < -0.3 is 84.9 Å². The molecule has 1 fully saturated rings. The molecule has 0 spiro atoms. The van der Waals surface area contributed by atoms with Gasteiger partial charge in [-0.2, -0.15) is 0 Å². The minimum absolute atomic E-state index is 0.0205. The first-order chi connectivity index (χ1) is 33.6. The van der Waals surface area contributed by atoms with Crippen LogP contribution in [-0.2, 0) is 67.1 Å². The second-order valence-electron chi connectivity index (χ2n) is 17.3. The first-order valence-corrected chi connectivity index (χ1v) is 22.9. The summed E-state index contributed by atoms with van der Waals surface area (Å²) in [5, 5.41) is 68.5. The zero-order valence-corrected chi connectivity index (χ0v) is 40.0. The van der Waals surface area contributed by atoms with Crippen LogP contribution < -0.4 is 59.3 Å². The summed E-state index contributed by atoms with van der Waals surface area (Å²) in [5.41, 5.74) is 11.4. The second kappa shape index (κ2) is 31.7. The van der Waals surface area contributed by atoms with E-state index < -0.39 is 195 Å². The molecule has 0 bridgehead atoms. The van der Waals surface area contributed by atoms with Gasteiger partial charge in [0.25, 0.3) is 0 Å². The van der Waals surface area contributed by atoms with Crippen molar-refractivity contribution in [3.63, 3.8) is 0 Å². The minimum Gasteiger partial charge on any atom is -0.481 e. The predicted octanol–water partition coefficient (Wildman–Crippen LogP) is -6.11. The first kappa shape index (κ1) is 62.5. The number of carbonyl (C=O) groups excluding carboxylic acids is 10. The van der Waals surface area contributed by atoms with Crippen molar-refractivity contribution in [3.05, 3.63) is 0 Å². The van der Waals surface area contributed by atoms with Crippen LogP contribution in [-0.4, -0.2) is 176 Å². The molecule has 1 heterocycles. The third-order valence-corrected chi connectivity index (χ3v) is 10.6. The monoisotopic (exact) mass is 1030 g/mol. The van der Waals surface area contributed by atoms with Gasteiger partial charge in [0.15, 0.2) is 0 Å². The molecule has 72 heavy (non-hydrogen) atoms. The Hall–Kier alpha value is -7.50. The second-order valence-corrected chi connectivity index (χ2v) is 17.3. The van der Waals surface area contributed by atoms with Crippen LogP contribution in [0.25, 0.3) is 0 Å². The fraction of sp³-hybridized carbons (Fsp3) is 0.667. The van der Waals surface area contributed by atoms with E-state index in [1.165, 1.54) is 0 Å². The molecule has 1 rings (SSSR count). The first-order valence-electron chi connectivity index (χ1n) is 22.9. The van der Waals surface area contributed by atoms with Crippen molar-refractivity contribution in [2.75, 3.05) is 13.1 Å². The zero-order chi connectivity index (χ0) is 54.8. The molecule has 0 aromatic heterocycles. The van der Waals surface area contributed by atoms with Crippen LogP contribution in [0.15, 0.2) is 0 Å². The molecule has 1 aliphatic rings. The lowest BCUT2D eigenvalue weighted by molar-refractivity contribution is -0.142. The molecule has 1 saturated heterocycles. The largest absolute Gasteiger partial charge is 0.481 e. The molecule has 404 valence electrons. The Labute approximate surface area is 412 Å². The number of carboxylic acid groups (broad SMARTS) is 4. The van der Waals surface area contributed by atoms with Crippen molar-refractivity contribution in [1.29, 1.82) is 0 Å². The van der Waals surface area contributed by atoms with Crippen LogP contribution in [0.1, 0.15) is 104 Å². The van der Waals surface area contributed by atoms with Gasteiger partial charge in [-0.15, -0.1) is 0 Å². The molecule has 0 aliphatic carbocycles. The van der Waals surface area contributed by atoms with E-state index >= 15 is 0 Å².